The second-order valence-electron chi connectivity index (χ2n) is 1.75. The molecule has 0 unspecified atom stereocenters. The van der Waals surface area contributed by atoms with Crippen molar-refractivity contribution < 1.29 is 12.8 Å². The van der Waals surface area contributed by atoms with Crippen molar-refractivity contribution in [3.8, 4) is 0 Å². The number of pyridine rings is 1. The number of rotatable bonds is 1. The van der Waals surface area contributed by atoms with Gasteiger partial charge in [0.1, 0.15) is 0 Å². The van der Waals surface area contributed by atoms with Crippen molar-refractivity contribution in [2.24, 2.45) is 0 Å². The molecule has 0 atom stereocenters. The second-order valence-corrected chi connectivity index (χ2v) is 1.75. The summed E-state index contributed by atoms with van der Waals surface area (Å²) in [6.45, 7) is 0. The molecule has 0 bridgehead atoms. The zero-order valence-electron chi connectivity index (χ0n) is 7.70. The van der Waals surface area contributed by atoms with Crippen LogP contribution in [-0.2, 0) is 0 Å². The number of H-pyrrole nitrogens is 1. The standard InChI is InChI=1S/C6H5NO3.Mg.2H/c8-5-3-4(6(9)10)1-2-7-5;;;/h1-3H,(H,7,8)(H,9,10);;;/q;+2;2*-1. The monoisotopic (exact) mass is 165 g/mol. The van der Waals surface area contributed by atoms with E-state index in [2.05, 4.69) is 4.98 Å². The van der Waals surface area contributed by atoms with Crippen LogP contribution < -0.4 is 5.56 Å². The van der Waals surface area contributed by atoms with Gasteiger partial charge in [0.2, 0.25) is 5.56 Å². The Morgan fingerprint density at radius 1 is 1.64 bits per heavy atom. The van der Waals surface area contributed by atoms with Gasteiger partial charge in [-0.15, -0.1) is 0 Å². The SMILES string of the molecule is O=C(O)c1cc[nH]c(=O)c1.[H-].[H-].[Mg+2]. The molecule has 0 aromatic carbocycles. The third-order valence-electron chi connectivity index (χ3n) is 1.02. The Morgan fingerprint density at radius 2 is 2.27 bits per heavy atom. The van der Waals surface area contributed by atoms with E-state index in [4.69, 9.17) is 5.11 Å². The molecular weight excluding hydrogens is 158 g/mol. The van der Waals surface area contributed by atoms with Crippen LogP contribution in [0.2, 0.25) is 0 Å². The summed E-state index contributed by atoms with van der Waals surface area (Å²) in [5, 5.41) is 8.36. The van der Waals surface area contributed by atoms with E-state index in [1.54, 1.807) is 0 Å². The molecule has 0 aliphatic heterocycles. The second kappa shape index (κ2) is 4.15. The van der Waals surface area contributed by atoms with Crippen molar-refractivity contribution in [1.29, 1.82) is 0 Å². The van der Waals surface area contributed by atoms with Gasteiger partial charge in [-0.25, -0.2) is 4.79 Å². The van der Waals surface area contributed by atoms with Gasteiger partial charge in [-0.1, -0.05) is 0 Å². The first-order valence-corrected chi connectivity index (χ1v) is 2.62. The van der Waals surface area contributed by atoms with Gasteiger partial charge in [-0.05, 0) is 6.07 Å². The molecule has 0 fully saturated rings. The summed E-state index contributed by atoms with van der Waals surface area (Å²) in [6, 6.07) is 2.35. The average Bonchev–Trinajstić information content (AvgIpc) is 1.88. The number of nitrogens with one attached hydrogen (secondary N) is 1. The molecule has 5 heteroatoms. The Morgan fingerprint density at radius 3 is 2.64 bits per heavy atom. The maximum atomic E-state index is 10.5. The number of hydrogen-bond acceptors (Lipinski definition) is 2. The number of carbonyl (C=O) groups is 1. The molecule has 56 valence electrons. The molecule has 0 radical (unpaired) electrons. The third-order valence-corrected chi connectivity index (χ3v) is 1.02. The minimum absolute atomic E-state index is 0. The van der Waals surface area contributed by atoms with Crippen LogP contribution in [-0.4, -0.2) is 39.1 Å². The van der Waals surface area contributed by atoms with E-state index in [9.17, 15) is 9.59 Å². The topological polar surface area (TPSA) is 70.2 Å². The average molecular weight is 165 g/mol. The van der Waals surface area contributed by atoms with Gasteiger partial charge >= 0.3 is 29.0 Å². The minimum Gasteiger partial charge on any atom is -1.00 e. The molecule has 0 amide bonds. The van der Waals surface area contributed by atoms with Gasteiger partial charge in [-0.2, -0.15) is 0 Å². The van der Waals surface area contributed by atoms with Crippen LogP contribution in [0.3, 0.4) is 0 Å². The molecule has 1 rings (SSSR count). The van der Waals surface area contributed by atoms with Gasteiger partial charge in [0.05, 0.1) is 5.56 Å². The molecular formula is C6H7MgNO3. The number of carboxylic acids is 1. The van der Waals surface area contributed by atoms with Crippen LogP contribution in [0.15, 0.2) is 23.1 Å². The summed E-state index contributed by atoms with van der Waals surface area (Å²) in [4.78, 5) is 23.0. The molecule has 0 aliphatic carbocycles. The number of hydrogen-bond donors (Lipinski definition) is 2. The minimum atomic E-state index is -1.09. The maximum Gasteiger partial charge on any atom is 2.00 e. The fourth-order valence-corrected chi connectivity index (χ4v) is 0.578. The predicted molar refractivity (Wildman–Crippen MR) is 42.0 cm³/mol. The normalized spacial score (nSPS) is 8.36. The van der Waals surface area contributed by atoms with Crippen molar-refractivity contribution in [2.75, 3.05) is 0 Å². The van der Waals surface area contributed by atoms with Gasteiger partial charge < -0.3 is 12.9 Å². The Bertz CT molecular complexity index is 315. The van der Waals surface area contributed by atoms with Crippen LogP contribution in [0.1, 0.15) is 13.2 Å². The number of aromatic amines is 1. The summed E-state index contributed by atoms with van der Waals surface area (Å²) in [5.74, 6) is -1.09. The van der Waals surface area contributed by atoms with E-state index in [0.717, 1.165) is 6.07 Å². The quantitative estimate of drug-likeness (QED) is 0.572. The Kier molecular flexibility index (Phi) is 3.84. The number of aromatic carboxylic acids is 1. The van der Waals surface area contributed by atoms with Gasteiger partial charge in [0.25, 0.3) is 0 Å². The summed E-state index contributed by atoms with van der Waals surface area (Å²) < 4.78 is 0. The largest absolute Gasteiger partial charge is 2.00 e. The Hall–Kier alpha value is -0.814. The van der Waals surface area contributed by atoms with Crippen LogP contribution in [0.25, 0.3) is 0 Å². The molecule has 4 nitrogen and oxygen atoms in total. The van der Waals surface area contributed by atoms with Gasteiger partial charge in [0, 0.05) is 12.3 Å². The van der Waals surface area contributed by atoms with Crippen molar-refractivity contribution >= 4 is 29.0 Å². The Balaban J connectivity index is -0.000000333. The zero-order valence-corrected chi connectivity index (χ0v) is 7.12. The fraction of sp³-hybridized carbons (Fsp3) is 0. The van der Waals surface area contributed by atoms with Crippen molar-refractivity contribution in [1.82, 2.24) is 4.98 Å². The van der Waals surface area contributed by atoms with Crippen LogP contribution in [0.4, 0.5) is 0 Å². The maximum absolute atomic E-state index is 10.5. The number of carboxylic acid groups (broad SMARTS) is 1. The molecule has 1 heterocycles. The first-order valence-electron chi connectivity index (χ1n) is 2.62. The third kappa shape index (κ3) is 2.73. The van der Waals surface area contributed by atoms with Crippen molar-refractivity contribution in [3.05, 3.63) is 34.2 Å². The number of aromatic nitrogens is 1. The summed E-state index contributed by atoms with van der Waals surface area (Å²) in [6.07, 6.45) is 1.30. The van der Waals surface area contributed by atoms with E-state index in [1.165, 1.54) is 12.3 Å². The zero-order chi connectivity index (χ0) is 7.56. The van der Waals surface area contributed by atoms with E-state index in [-0.39, 0.29) is 31.5 Å². The van der Waals surface area contributed by atoms with Crippen LogP contribution >= 0.6 is 0 Å². The van der Waals surface area contributed by atoms with Gasteiger partial charge in [0.15, 0.2) is 0 Å². The molecule has 2 N–H and O–H groups in total. The molecule has 0 saturated carbocycles. The summed E-state index contributed by atoms with van der Waals surface area (Å²) in [5.41, 5.74) is -0.399. The molecule has 0 spiro atoms. The van der Waals surface area contributed by atoms with Crippen LogP contribution in [0.5, 0.6) is 0 Å². The molecule has 1 aromatic heterocycles. The smallest absolute Gasteiger partial charge is 1.00 e. The summed E-state index contributed by atoms with van der Waals surface area (Å²) >= 11 is 0. The van der Waals surface area contributed by atoms with E-state index in [1.807, 2.05) is 0 Å². The van der Waals surface area contributed by atoms with E-state index < -0.39 is 11.5 Å². The van der Waals surface area contributed by atoms with Gasteiger partial charge in [-0.3, -0.25) is 4.79 Å². The molecule has 1 aromatic rings. The summed E-state index contributed by atoms with van der Waals surface area (Å²) in [7, 11) is 0. The Labute approximate surface area is 81.4 Å². The molecule has 0 aliphatic rings. The van der Waals surface area contributed by atoms with Crippen molar-refractivity contribution in [2.45, 2.75) is 0 Å². The first kappa shape index (κ1) is 10.2. The van der Waals surface area contributed by atoms with Crippen molar-refractivity contribution in [3.63, 3.8) is 0 Å². The first-order chi connectivity index (χ1) is 4.70. The molecule has 11 heavy (non-hydrogen) atoms. The predicted octanol–water partition coefficient (Wildman–Crippen LogP) is -0.0827. The fourth-order valence-electron chi connectivity index (χ4n) is 0.578. The van der Waals surface area contributed by atoms with E-state index in [0.29, 0.717) is 0 Å². The molecule has 0 saturated heterocycles. The van der Waals surface area contributed by atoms with E-state index >= 15 is 0 Å². The van der Waals surface area contributed by atoms with Crippen LogP contribution in [0, 0.1) is 0 Å².